The first-order valence-corrected chi connectivity index (χ1v) is 9.53. The molecular formula is C22H27FN2O4. The maximum absolute atomic E-state index is 13.8. The molecule has 2 aromatic carbocycles. The fourth-order valence-electron chi connectivity index (χ4n) is 3.39. The second kappa shape index (κ2) is 11.3. The third kappa shape index (κ3) is 7.63. The molecule has 1 saturated heterocycles. The van der Waals surface area contributed by atoms with Crippen molar-refractivity contribution >= 4 is 11.9 Å². The van der Waals surface area contributed by atoms with Crippen LogP contribution in [-0.2, 0) is 22.7 Å². The van der Waals surface area contributed by atoms with Gasteiger partial charge in [-0.25, -0.2) is 14.0 Å². The van der Waals surface area contributed by atoms with Gasteiger partial charge in [-0.15, -0.1) is 0 Å². The highest BCUT2D eigenvalue weighted by molar-refractivity contribution is 6.27. The molecule has 29 heavy (non-hydrogen) atoms. The Morgan fingerprint density at radius 3 is 2.10 bits per heavy atom. The molecule has 0 radical (unpaired) electrons. The topological polar surface area (TPSA) is 81.1 Å². The van der Waals surface area contributed by atoms with E-state index in [1.165, 1.54) is 5.56 Å². The van der Waals surface area contributed by atoms with Crippen molar-refractivity contribution in [2.24, 2.45) is 0 Å². The summed E-state index contributed by atoms with van der Waals surface area (Å²) in [5, 5.41) is 14.8. The lowest BCUT2D eigenvalue weighted by atomic mass is 10.0. The minimum absolute atomic E-state index is 0.0872. The zero-order chi connectivity index (χ0) is 21.2. The molecule has 0 spiro atoms. The van der Waals surface area contributed by atoms with E-state index in [4.69, 9.17) is 19.8 Å². The first-order valence-electron chi connectivity index (χ1n) is 9.53. The van der Waals surface area contributed by atoms with Gasteiger partial charge < -0.3 is 10.2 Å². The Morgan fingerprint density at radius 2 is 1.55 bits per heavy atom. The maximum Gasteiger partial charge on any atom is 0.414 e. The number of carboxylic acid groups (broad SMARTS) is 2. The standard InChI is InChI=1S/C20H25FN2.C2H2O4/c1-22(15-17-7-3-2-4-8-17)19-11-13-23(14-12-19)16-18-9-5-6-10-20(18)21;3-1(4)2(5)6/h2-10,19H,11-16H2,1H3;(H,3,4)(H,5,6). The smallest absolute Gasteiger partial charge is 0.414 e. The fourth-order valence-corrected chi connectivity index (χ4v) is 3.39. The van der Waals surface area contributed by atoms with Crippen LogP contribution in [0.2, 0.25) is 0 Å². The number of hydrogen-bond donors (Lipinski definition) is 2. The lowest BCUT2D eigenvalue weighted by Gasteiger charge is -2.36. The molecule has 156 valence electrons. The van der Waals surface area contributed by atoms with Gasteiger partial charge in [0, 0.05) is 24.7 Å². The summed E-state index contributed by atoms with van der Waals surface area (Å²) in [5.41, 5.74) is 2.17. The van der Waals surface area contributed by atoms with Crippen molar-refractivity contribution in [1.29, 1.82) is 0 Å². The predicted molar refractivity (Wildman–Crippen MR) is 108 cm³/mol. The third-order valence-electron chi connectivity index (χ3n) is 4.99. The molecule has 0 amide bonds. The summed E-state index contributed by atoms with van der Waals surface area (Å²) in [4.78, 5) is 23.0. The van der Waals surface area contributed by atoms with Gasteiger partial charge in [0.15, 0.2) is 0 Å². The lowest BCUT2D eigenvalue weighted by Crippen LogP contribution is -2.42. The highest BCUT2D eigenvalue weighted by Gasteiger charge is 2.22. The highest BCUT2D eigenvalue weighted by Crippen LogP contribution is 2.20. The molecule has 1 heterocycles. The number of aliphatic carboxylic acids is 2. The van der Waals surface area contributed by atoms with Gasteiger partial charge in [-0.3, -0.25) is 9.80 Å². The van der Waals surface area contributed by atoms with Gasteiger partial charge >= 0.3 is 11.9 Å². The SMILES string of the molecule is CN(Cc1ccccc1)C1CCN(Cc2ccccc2F)CC1.O=C(O)C(=O)O. The minimum Gasteiger partial charge on any atom is -0.473 e. The zero-order valence-corrected chi connectivity index (χ0v) is 16.5. The second-order valence-corrected chi connectivity index (χ2v) is 7.11. The van der Waals surface area contributed by atoms with Crippen molar-refractivity contribution in [2.45, 2.75) is 32.0 Å². The molecular weight excluding hydrogens is 375 g/mol. The van der Waals surface area contributed by atoms with Crippen LogP contribution >= 0.6 is 0 Å². The van der Waals surface area contributed by atoms with E-state index in [1.807, 2.05) is 12.1 Å². The number of carboxylic acids is 2. The molecule has 7 heteroatoms. The summed E-state index contributed by atoms with van der Waals surface area (Å²) in [5.74, 6) is -3.74. The monoisotopic (exact) mass is 402 g/mol. The van der Waals surface area contributed by atoms with Crippen molar-refractivity contribution in [2.75, 3.05) is 20.1 Å². The molecule has 3 rings (SSSR count). The zero-order valence-electron chi connectivity index (χ0n) is 16.5. The number of benzene rings is 2. The summed E-state index contributed by atoms with van der Waals surface area (Å²) in [6.45, 7) is 3.80. The Kier molecular flexibility index (Phi) is 8.76. The summed E-state index contributed by atoms with van der Waals surface area (Å²) in [7, 11) is 2.21. The number of carbonyl (C=O) groups is 2. The number of hydrogen-bond acceptors (Lipinski definition) is 4. The average Bonchev–Trinajstić information content (AvgIpc) is 2.71. The summed E-state index contributed by atoms with van der Waals surface area (Å²) in [6.07, 6.45) is 2.30. The normalized spacial score (nSPS) is 14.9. The molecule has 1 aliphatic rings. The Balaban J connectivity index is 0.000000438. The fraction of sp³-hybridized carbons (Fsp3) is 0.364. The second-order valence-electron chi connectivity index (χ2n) is 7.11. The van der Waals surface area contributed by atoms with E-state index in [9.17, 15) is 4.39 Å². The van der Waals surface area contributed by atoms with Crippen LogP contribution in [0.4, 0.5) is 4.39 Å². The van der Waals surface area contributed by atoms with Crippen LogP contribution in [0.5, 0.6) is 0 Å². The summed E-state index contributed by atoms with van der Waals surface area (Å²) < 4.78 is 13.8. The third-order valence-corrected chi connectivity index (χ3v) is 4.99. The van der Waals surface area contributed by atoms with Crippen molar-refractivity contribution in [3.63, 3.8) is 0 Å². The van der Waals surface area contributed by atoms with E-state index in [0.717, 1.165) is 44.6 Å². The summed E-state index contributed by atoms with van der Waals surface area (Å²) in [6, 6.07) is 18.4. The van der Waals surface area contributed by atoms with E-state index in [-0.39, 0.29) is 5.82 Å². The number of likely N-dealkylation sites (tertiary alicyclic amines) is 1. The molecule has 6 nitrogen and oxygen atoms in total. The number of nitrogens with zero attached hydrogens (tertiary/aromatic N) is 2. The van der Waals surface area contributed by atoms with Gasteiger partial charge in [-0.1, -0.05) is 48.5 Å². The maximum atomic E-state index is 13.8. The van der Waals surface area contributed by atoms with Crippen LogP contribution in [0.1, 0.15) is 24.0 Å². The Bertz CT molecular complexity index is 780. The first-order chi connectivity index (χ1) is 13.9. The highest BCUT2D eigenvalue weighted by atomic mass is 19.1. The molecule has 2 aromatic rings. The van der Waals surface area contributed by atoms with Gasteiger partial charge in [-0.05, 0) is 44.6 Å². The molecule has 0 unspecified atom stereocenters. The molecule has 0 saturated carbocycles. The molecule has 2 N–H and O–H groups in total. The lowest BCUT2D eigenvalue weighted by molar-refractivity contribution is -0.159. The molecule has 0 atom stereocenters. The van der Waals surface area contributed by atoms with Gasteiger partial charge in [-0.2, -0.15) is 0 Å². The minimum atomic E-state index is -1.82. The predicted octanol–water partition coefficient (Wildman–Crippen LogP) is 3.08. The van der Waals surface area contributed by atoms with Gasteiger partial charge in [0.05, 0.1) is 0 Å². The molecule has 0 bridgehead atoms. The number of piperidine rings is 1. The largest absolute Gasteiger partial charge is 0.473 e. The molecule has 1 fully saturated rings. The first kappa shape index (κ1) is 22.5. The average molecular weight is 402 g/mol. The number of rotatable bonds is 5. The van der Waals surface area contributed by atoms with Gasteiger partial charge in [0.25, 0.3) is 0 Å². The molecule has 0 aromatic heterocycles. The van der Waals surface area contributed by atoms with Crippen LogP contribution in [-0.4, -0.2) is 58.1 Å². The van der Waals surface area contributed by atoms with Crippen LogP contribution < -0.4 is 0 Å². The van der Waals surface area contributed by atoms with E-state index >= 15 is 0 Å². The molecule has 0 aliphatic carbocycles. The Morgan fingerprint density at radius 1 is 1.00 bits per heavy atom. The Labute approximate surface area is 170 Å². The van der Waals surface area contributed by atoms with Crippen LogP contribution in [0.15, 0.2) is 54.6 Å². The van der Waals surface area contributed by atoms with Crippen molar-refractivity contribution < 1.29 is 24.2 Å². The van der Waals surface area contributed by atoms with Crippen LogP contribution in [0.3, 0.4) is 0 Å². The van der Waals surface area contributed by atoms with E-state index in [0.29, 0.717) is 6.04 Å². The number of halogens is 1. The Hall–Kier alpha value is -2.77. The quantitative estimate of drug-likeness (QED) is 0.748. The van der Waals surface area contributed by atoms with Gasteiger partial charge in [0.1, 0.15) is 5.82 Å². The van der Waals surface area contributed by atoms with Crippen molar-refractivity contribution in [3.05, 3.63) is 71.5 Å². The van der Waals surface area contributed by atoms with E-state index < -0.39 is 11.9 Å². The van der Waals surface area contributed by atoms with E-state index in [1.54, 1.807) is 12.1 Å². The van der Waals surface area contributed by atoms with Crippen LogP contribution in [0.25, 0.3) is 0 Å². The van der Waals surface area contributed by atoms with E-state index in [2.05, 4.69) is 47.2 Å². The van der Waals surface area contributed by atoms with Gasteiger partial charge in [0.2, 0.25) is 0 Å². The van der Waals surface area contributed by atoms with Crippen LogP contribution in [0, 0.1) is 5.82 Å². The summed E-state index contributed by atoms with van der Waals surface area (Å²) >= 11 is 0. The van der Waals surface area contributed by atoms with Crippen molar-refractivity contribution in [3.8, 4) is 0 Å². The molecule has 1 aliphatic heterocycles. The van der Waals surface area contributed by atoms with Crippen molar-refractivity contribution in [1.82, 2.24) is 9.80 Å².